The molecule has 0 aliphatic carbocycles. The Bertz CT molecular complexity index is 3020. The van der Waals surface area contributed by atoms with Crippen molar-refractivity contribution in [3.63, 3.8) is 0 Å². The van der Waals surface area contributed by atoms with Gasteiger partial charge in [-0.05, 0) is 102 Å². The Morgan fingerprint density at radius 1 is 0.426 bits per heavy atom. The highest BCUT2D eigenvalue weighted by Gasteiger charge is 2.41. The van der Waals surface area contributed by atoms with Gasteiger partial charge in [0.2, 0.25) is 0 Å². The van der Waals surface area contributed by atoms with E-state index in [9.17, 15) is 0 Å². The molecule has 1 aromatic heterocycles. The van der Waals surface area contributed by atoms with Gasteiger partial charge in [-0.25, -0.2) is 0 Å². The molecule has 0 saturated carbocycles. The number of thiophene rings is 1. The number of fused-ring (bicyclic) bond motifs is 11. The summed E-state index contributed by atoms with van der Waals surface area (Å²) in [6.07, 6.45) is 0. The fourth-order valence-corrected chi connectivity index (χ4v) is 17.2. The number of rotatable bonds is 4. The summed E-state index contributed by atoms with van der Waals surface area (Å²) >= 11 is 1.96. The van der Waals surface area contributed by atoms with Crippen LogP contribution in [0.4, 0.5) is 17.1 Å². The first-order chi connectivity index (χ1) is 26.3. The van der Waals surface area contributed by atoms with Gasteiger partial charge >= 0.3 is 0 Å². The van der Waals surface area contributed by atoms with Crippen LogP contribution in [0.3, 0.4) is 0 Å². The molecule has 1 nitrogen and oxygen atoms in total. The minimum absolute atomic E-state index is 1.18. The van der Waals surface area contributed by atoms with Crippen LogP contribution in [0.5, 0.6) is 0 Å². The van der Waals surface area contributed by atoms with Gasteiger partial charge in [-0.2, -0.15) is 0 Å². The molecule has 0 unspecified atom stereocenters. The van der Waals surface area contributed by atoms with E-state index in [1.807, 2.05) is 11.3 Å². The van der Waals surface area contributed by atoms with Crippen molar-refractivity contribution in [2.45, 2.75) is 26.2 Å². The van der Waals surface area contributed by atoms with Crippen molar-refractivity contribution in [1.82, 2.24) is 0 Å². The molecule has 2 aliphatic rings. The second-order valence-corrected chi connectivity index (χ2v) is 25.8. The fourth-order valence-electron chi connectivity index (χ4n) is 9.67. The van der Waals surface area contributed by atoms with E-state index in [1.165, 1.54) is 96.9 Å². The standard InChI is InChI=1S/C50H39NSSi2/c1-53(2)44-21-10-8-18-40(44)48-42(19-12-22-45(48)53)51(36-16-11-15-34(30-36)35-24-23-32-13-5-6-14-33(32)29-35)37-25-26-41-47(31-37)54(3,4)46-28-27-39-38-17-7-9-20-43(38)52-50(39)49(41)46/h5-31H,1-4H3. The summed E-state index contributed by atoms with van der Waals surface area (Å²) in [6.45, 7) is 10.1. The predicted molar refractivity (Wildman–Crippen MR) is 241 cm³/mol. The first-order valence-electron chi connectivity index (χ1n) is 19.0. The topological polar surface area (TPSA) is 3.24 Å². The van der Waals surface area contributed by atoms with Crippen LogP contribution in [0.15, 0.2) is 164 Å². The minimum Gasteiger partial charge on any atom is -0.310 e. The summed E-state index contributed by atoms with van der Waals surface area (Å²) in [5, 5.41) is 11.4. The Balaban J connectivity index is 1.14. The van der Waals surface area contributed by atoms with Gasteiger partial charge in [0.25, 0.3) is 0 Å². The van der Waals surface area contributed by atoms with E-state index >= 15 is 0 Å². The van der Waals surface area contributed by atoms with Gasteiger partial charge in [0.1, 0.15) is 16.1 Å². The van der Waals surface area contributed by atoms with Crippen LogP contribution in [-0.2, 0) is 0 Å². The maximum Gasteiger partial charge on any atom is 0.114 e. The number of hydrogen-bond donors (Lipinski definition) is 0. The predicted octanol–water partition coefficient (Wildman–Crippen LogP) is 12.0. The van der Waals surface area contributed by atoms with E-state index in [4.69, 9.17) is 0 Å². The molecule has 9 aromatic rings. The molecule has 4 heteroatoms. The fraction of sp³-hybridized carbons (Fsp3) is 0.0800. The molecule has 3 heterocycles. The Morgan fingerprint density at radius 3 is 2.02 bits per heavy atom. The number of hydrogen-bond acceptors (Lipinski definition) is 2. The van der Waals surface area contributed by atoms with Crippen LogP contribution in [0, 0.1) is 0 Å². The average molecular weight is 742 g/mol. The molecular weight excluding hydrogens is 703 g/mol. The molecule has 0 amide bonds. The van der Waals surface area contributed by atoms with Crippen LogP contribution in [0.1, 0.15) is 0 Å². The normalized spacial score (nSPS) is 14.6. The molecule has 258 valence electrons. The highest BCUT2D eigenvalue weighted by molar-refractivity contribution is 7.26. The van der Waals surface area contributed by atoms with E-state index in [0.717, 1.165) is 0 Å². The van der Waals surface area contributed by atoms with Crippen molar-refractivity contribution in [1.29, 1.82) is 0 Å². The second kappa shape index (κ2) is 11.5. The zero-order valence-corrected chi connectivity index (χ0v) is 33.8. The maximum atomic E-state index is 2.57. The average Bonchev–Trinajstić information content (AvgIpc) is 3.78. The van der Waals surface area contributed by atoms with Gasteiger partial charge in [-0.1, -0.05) is 148 Å². The van der Waals surface area contributed by atoms with E-state index < -0.39 is 16.1 Å². The van der Waals surface area contributed by atoms with Crippen LogP contribution >= 0.6 is 11.3 Å². The van der Waals surface area contributed by atoms with Gasteiger partial charge in [-0.15, -0.1) is 11.3 Å². The second-order valence-electron chi connectivity index (χ2n) is 16.1. The zero-order chi connectivity index (χ0) is 36.3. The lowest BCUT2D eigenvalue weighted by Gasteiger charge is -2.30. The summed E-state index contributed by atoms with van der Waals surface area (Å²) in [5.41, 5.74) is 11.8. The molecule has 11 rings (SSSR count). The highest BCUT2D eigenvalue weighted by Crippen LogP contribution is 2.46. The van der Waals surface area contributed by atoms with Gasteiger partial charge in [-0.3, -0.25) is 0 Å². The lowest BCUT2D eigenvalue weighted by Crippen LogP contribution is -2.49. The lowest BCUT2D eigenvalue weighted by atomic mass is 9.98. The Kier molecular flexibility index (Phi) is 6.80. The van der Waals surface area contributed by atoms with Crippen LogP contribution in [-0.4, -0.2) is 16.1 Å². The first kappa shape index (κ1) is 32.0. The van der Waals surface area contributed by atoms with E-state index in [2.05, 4.69) is 195 Å². The van der Waals surface area contributed by atoms with Crippen molar-refractivity contribution in [3.8, 4) is 33.4 Å². The Morgan fingerprint density at radius 2 is 1.11 bits per heavy atom. The van der Waals surface area contributed by atoms with Crippen molar-refractivity contribution < 1.29 is 0 Å². The summed E-state index contributed by atoms with van der Waals surface area (Å²) < 4.78 is 2.80. The summed E-state index contributed by atoms with van der Waals surface area (Å²) in [7, 11) is -3.92. The van der Waals surface area contributed by atoms with E-state index in [0.29, 0.717) is 0 Å². The summed E-state index contributed by atoms with van der Waals surface area (Å²) in [5.74, 6) is 0. The SMILES string of the molecule is C[Si]1(C)c2ccccc2-c2c(N(c3cccc(-c4ccc5ccccc5c4)c3)c3ccc4c(c3)[Si](C)(C)c3ccc5c(sc6ccccc65)c3-4)cccc21. The van der Waals surface area contributed by atoms with Gasteiger partial charge < -0.3 is 4.90 Å². The maximum absolute atomic E-state index is 2.57. The third-order valence-corrected chi connectivity index (χ3v) is 20.7. The number of nitrogens with zero attached hydrogens (tertiary/aromatic N) is 1. The monoisotopic (exact) mass is 741 g/mol. The molecule has 0 radical (unpaired) electrons. The molecule has 0 N–H and O–H groups in total. The smallest absolute Gasteiger partial charge is 0.114 e. The van der Waals surface area contributed by atoms with Crippen LogP contribution in [0.25, 0.3) is 64.3 Å². The molecule has 0 spiro atoms. The van der Waals surface area contributed by atoms with E-state index in [1.54, 1.807) is 5.19 Å². The number of anilines is 3. The Hall–Kier alpha value is -5.53. The van der Waals surface area contributed by atoms with Gasteiger partial charge in [0.15, 0.2) is 0 Å². The summed E-state index contributed by atoms with van der Waals surface area (Å²) in [4.78, 5) is 2.57. The molecule has 0 saturated heterocycles. The van der Waals surface area contributed by atoms with Crippen molar-refractivity contribution in [2.75, 3.05) is 4.90 Å². The van der Waals surface area contributed by atoms with Crippen molar-refractivity contribution in [3.05, 3.63) is 164 Å². The number of benzene rings is 8. The van der Waals surface area contributed by atoms with Crippen molar-refractivity contribution in [2.24, 2.45) is 0 Å². The third-order valence-electron chi connectivity index (χ3n) is 12.4. The largest absolute Gasteiger partial charge is 0.310 e. The Labute approximate surface area is 322 Å². The third kappa shape index (κ3) is 4.48. The molecule has 2 aliphatic heterocycles. The molecule has 0 bridgehead atoms. The summed E-state index contributed by atoms with van der Waals surface area (Å²) in [6, 6.07) is 62.1. The first-order valence-corrected chi connectivity index (χ1v) is 25.8. The quantitative estimate of drug-likeness (QED) is 0.162. The molecule has 0 fully saturated rings. The molecule has 54 heavy (non-hydrogen) atoms. The van der Waals surface area contributed by atoms with Crippen LogP contribution < -0.4 is 25.6 Å². The lowest BCUT2D eigenvalue weighted by molar-refractivity contribution is 1.29. The molecule has 8 aromatic carbocycles. The molecular formula is C50H39NSSi2. The minimum atomic E-state index is -2.03. The van der Waals surface area contributed by atoms with Gasteiger partial charge in [0, 0.05) is 37.1 Å². The van der Waals surface area contributed by atoms with E-state index in [-0.39, 0.29) is 0 Å². The highest BCUT2D eigenvalue weighted by atomic mass is 32.1. The van der Waals surface area contributed by atoms with Crippen LogP contribution in [0.2, 0.25) is 26.2 Å². The van der Waals surface area contributed by atoms with Gasteiger partial charge in [0.05, 0.1) is 5.69 Å². The van der Waals surface area contributed by atoms with Crippen molar-refractivity contribution >= 4 is 96.2 Å². The zero-order valence-electron chi connectivity index (χ0n) is 30.9. The molecule has 0 atom stereocenters.